The molecule has 0 aliphatic heterocycles. The first-order chi connectivity index (χ1) is 12.4. The zero-order valence-electron chi connectivity index (χ0n) is 15.0. The van der Waals surface area contributed by atoms with Gasteiger partial charge in [0.15, 0.2) is 6.61 Å². The van der Waals surface area contributed by atoms with Gasteiger partial charge in [0, 0.05) is 12.1 Å². The number of hydrogen-bond donors (Lipinski definition) is 3. The van der Waals surface area contributed by atoms with Crippen LogP contribution in [0.1, 0.15) is 24.2 Å². The molecule has 9 heteroatoms. The van der Waals surface area contributed by atoms with Crippen molar-refractivity contribution >= 4 is 23.7 Å². The number of likely N-dealkylation sites (N-methyl/N-ethyl adjacent to an activating group) is 1. The van der Waals surface area contributed by atoms with Crippen LogP contribution >= 0.6 is 0 Å². The minimum Gasteiger partial charge on any atom is -0.497 e. The molecule has 142 valence electrons. The second kappa shape index (κ2) is 10.7. The predicted octanol–water partition coefficient (Wildman–Crippen LogP) is -0.391. The van der Waals surface area contributed by atoms with Crippen LogP contribution in [-0.2, 0) is 19.1 Å². The van der Waals surface area contributed by atoms with Crippen LogP contribution in [0.2, 0.25) is 0 Å². The number of carbonyl (C=O) groups excluding carboxylic acids is 4. The fourth-order valence-electron chi connectivity index (χ4n) is 1.87. The average Bonchev–Trinajstić information content (AvgIpc) is 2.64. The Labute approximate surface area is 151 Å². The number of carbonyl (C=O) groups is 4. The molecule has 1 atom stereocenters. The van der Waals surface area contributed by atoms with Gasteiger partial charge in [-0.05, 0) is 38.1 Å². The second-order valence-electron chi connectivity index (χ2n) is 5.26. The molecule has 0 bridgehead atoms. The van der Waals surface area contributed by atoms with Crippen LogP contribution in [0.4, 0.5) is 0 Å². The highest BCUT2D eigenvalue weighted by molar-refractivity contribution is 5.96. The van der Waals surface area contributed by atoms with Gasteiger partial charge in [-0.2, -0.15) is 0 Å². The molecule has 0 heterocycles. The molecule has 0 fully saturated rings. The summed E-state index contributed by atoms with van der Waals surface area (Å²) in [5.41, 5.74) is 0.354. The Morgan fingerprint density at radius 3 is 2.31 bits per heavy atom. The van der Waals surface area contributed by atoms with Crippen molar-refractivity contribution in [2.45, 2.75) is 19.9 Å². The number of ether oxygens (including phenoxy) is 2. The maximum absolute atomic E-state index is 11.9. The van der Waals surface area contributed by atoms with Crippen LogP contribution < -0.4 is 20.7 Å². The first kappa shape index (κ1) is 20.9. The van der Waals surface area contributed by atoms with E-state index in [1.807, 2.05) is 0 Å². The highest BCUT2D eigenvalue weighted by Gasteiger charge is 2.16. The van der Waals surface area contributed by atoms with Gasteiger partial charge in [-0.1, -0.05) is 0 Å². The molecule has 3 amide bonds. The molecular weight excluding hydrogens is 342 g/mol. The largest absolute Gasteiger partial charge is 0.497 e. The Bertz CT molecular complexity index is 644. The molecule has 0 aromatic heterocycles. The molecule has 0 radical (unpaired) electrons. The zero-order chi connectivity index (χ0) is 19.5. The Balaban J connectivity index is 2.32. The first-order valence-electron chi connectivity index (χ1n) is 8.02. The lowest BCUT2D eigenvalue weighted by Crippen LogP contribution is -2.46. The van der Waals surface area contributed by atoms with Crippen LogP contribution in [0.3, 0.4) is 0 Å². The van der Waals surface area contributed by atoms with Crippen molar-refractivity contribution in [3.8, 4) is 5.75 Å². The van der Waals surface area contributed by atoms with Gasteiger partial charge in [0.1, 0.15) is 18.3 Å². The molecule has 0 saturated carbocycles. The number of nitrogens with one attached hydrogen (secondary N) is 3. The smallest absolute Gasteiger partial charge is 0.325 e. The van der Waals surface area contributed by atoms with E-state index in [0.29, 0.717) is 17.9 Å². The third-order valence-electron chi connectivity index (χ3n) is 3.23. The summed E-state index contributed by atoms with van der Waals surface area (Å²) >= 11 is 0. The minimum absolute atomic E-state index is 0.334. The number of methoxy groups -OCH3 is 1. The monoisotopic (exact) mass is 365 g/mol. The second-order valence-corrected chi connectivity index (χ2v) is 5.26. The molecule has 26 heavy (non-hydrogen) atoms. The van der Waals surface area contributed by atoms with E-state index in [4.69, 9.17) is 9.47 Å². The van der Waals surface area contributed by atoms with Crippen molar-refractivity contribution in [1.82, 2.24) is 16.0 Å². The van der Waals surface area contributed by atoms with Gasteiger partial charge in [-0.3, -0.25) is 19.2 Å². The molecule has 1 rings (SSSR count). The fraction of sp³-hybridized carbons (Fsp3) is 0.412. The SMILES string of the molecule is CCNC(=O)[C@H](C)NC(=O)COC(=O)CNC(=O)c1ccc(OC)cc1. The molecule has 0 unspecified atom stereocenters. The number of hydrogen-bond acceptors (Lipinski definition) is 6. The van der Waals surface area contributed by atoms with Crippen LogP contribution in [0.5, 0.6) is 5.75 Å². The summed E-state index contributed by atoms with van der Waals surface area (Å²) in [5, 5.41) is 7.33. The van der Waals surface area contributed by atoms with Gasteiger partial charge in [-0.15, -0.1) is 0 Å². The van der Waals surface area contributed by atoms with E-state index < -0.39 is 30.4 Å². The van der Waals surface area contributed by atoms with E-state index in [1.165, 1.54) is 14.0 Å². The molecule has 1 aromatic carbocycles. The van der Waals surface area contributed by atoms with Crippen molar-refractivity contribution in [3.05, 3.63) is 29.8 Å². The van der Waals surface area contributed by atoms with E-state index in [2.05, 4.69) is 16.0 Å². The van der Waals surface area contributed by atoms with E-state index in [0.717, 1.165) is 0 Å². The van der Waals surface area contributed by atoms with Crippen molar-refractivity contribution in [2.75, 3.05) is 26.8 Å². The minimum atomic E-state index is -0.771. The molecule has 0 saturated heterocycles. The Kier molecular flexibility index (Phi) is 8.62. The summed E-state index contributed by atoms with van der Waals surface area (Å²) in [5.74, 6) is -1.57. The molecule has 1 aromatic rings. The summed E-state index contributed by atoms with van der Waals surface area (Å²) in [6, 6.07) is 5.60. The topological polar surface area (TPSA) is 123 Å². The highest BCUT2D eigenvalue weighted by Crippen LogP contribution is 2.10. The zero-order valence-corrected chi connectivity index (χ0v) is 15.0. The quantitative estimate of drug-likeness (QED) is 0.512. The standard InChI is InChI=1S/C17H23N3O6/c1-4-18-16(23)11(2)20-14(21)10-26-15(22)9-19-17(24)12-5-7-13(25-3)8-6-12/h5-8,11H,4,9-10H2,1-3H3,(H,18,23)(H,19,24)(H,20,21)/t11-/m0/s1. The van der Waals surface area contributed by atoms with Crippen molar-refractivity contribution in [1.29, 1.82) is 0 Å². The molecule has 0 spiro atoms. The van der Waals surface area contributed by atoms with Gasteiger partial charge >= 0.3 is 5.97 Å². The number of esters is 1. The normalized spacial score (nSPS) is 11.0. The van der Waals surface area contributed by atoms with Gasteiger partial charge in [-0.25, -0.2) is 0 Å². The first-order valence-corrected chi connectivity index (χ1v) is 8.02. The van der Waals surface area contributed by atoms with E-state index in [9.17, 15) is 19.2 Å². The average molecular weight is 365 g/mol. The van der Waals surface area contributed by atoms with Crippen LogP contribution in [0.15, 0.2) is 24.3 Å². The Hall–Kier alpha value is -3.10. The summed E-state index contributed by atoms with van der Waals surface area (Å²) in [7, 11) is 1.51. The van der Waals surface area contributed by atoms with Crippen LogP contribution in [-0.4, -0.2) is 56.5 Å². The molecule has 3 N–H and O–H groups in total. The fourth-order valence-corrected chi connectivity index (χ4v) is 1.87. The van der Waals surface area contributed by atoms with Crippen LogP contribution in [0, 0.1) is 0 Å². The predicted molar refractivity (Wildman–Crippen MR) is 92.6 cm³/mol. The maximum atomic E-state index is 11.9. The van der Waals surface area contributed by atoms with Crippen molar-refractivity contribution in [2.24, 2.45) is 0 Å². The van der Waals surface area contributed by atoms with Crippen molar-refractivity contribution < 1.29 is 28.7 Å². The van der Waals surface area contributed by atoms with Crippen LogP contribution in [0.25, 0.3) is 0 Å². The number of amides is 3. The maximum Gasteiger partial charge on any atom is 0.325 e. The molecule has 0 aliphatic rings. The van der Waals surface area contributed by atoms with E-state index >= 15 is 0 Å². The lowest BCUT2D eigenvalue weighted by Gasteiger charge is -2.13. The van der Waals surface area contributed by atoms with Gasteiger partial charge in [0.05, 0.1) is 7.11 Å². The molecule has 0 aliphatic carbocycles. The number of rotatable bonds is 9. The highest BCUT2D eigenvalue weighted by atomic mass is 16.5. The van der Waals surface area contributed by atoms with Gasteiger partial charge in [0.25, 0.3) is 11.8 Å². The molecular formula is C17H23N3O6. The Morgan fingerprint density at radius 2 is 1.73 bits per heavy atom. The van der Waals surface area contributed by atoms with Gasteiger partial charge in [0.2, 0.25) is 5.91 Å². The molecule has 9 nitrogen and oxygen atoms in total. The van der Waals surface area contributed by atoms with Gasteiger partial charge < -0.3 is 25.4 Å². The summed E-state index contributed by atoms with van der Waals surface area (Å²) in [4.78, 5) is 46.6. The summed E-state index contributed by atoms with van der Waals surface area (Å²) < 4.78 is 9.74. The summed E-state index contributed by atoms with van der Waals surface area (Å²) in [6.45, 7) is 2.79. The van der Waals surface area contributed by atoms with E-state index in [1.54, 1.807) is 31.2 Å². The summed E-state index contributed by atoms with van der Waals surface area (Å²) in [6.07, 6.45) is 0. The lowest BCUT2D eigenvalue weighted by molar-refractivity contribution is -0.147. The lowest BCUT2D eigenvalue weighted by atomic mass is 10.2. The third-order valence-corrected chi connectivity index (χ3v) is 3.23. The van der Waals surface area contributed by atoms with E-state index in [-0.39, 0.29) is 12.5 Å². The Morgan fingerprint density at radius 1 is 1.08 bits per heavy atom. The third kappa shape index (κ3) is 7.20. The van der Waals surface area contributed by atoms with Crippen molar-refractivity contribution in [3.63, 3.8) is 0 Å². The number of benzene rings is 1.